The number of hydrogen-bond acceptors (Lipinski definition) is 0. The van der Waals surface area contributed by atoms with Gasteiger partial charge in [-0.1, -0.05) is 120 Å². The highest BCUT2D eigenvalue weighted by Gasteiger charge is 2.46. The van der Waals surface area contributed by atoms with E-state index < -0.39 is 5.41 Å². The first-order valence-corrected chi connectivity index (χ1v) is 12.4. The van der Waals surface area contributed by atoms with E-state index >= 15 is 0 Å². The van der Waals surface area contributed by atoms with Crippen LogP contribution in [0.4, 0.5) is 4.39 Å². The summed E-state index contributed by atoms with van der Waals surface area (Å²) in [6.45, 7) is 3.85. The molecule has 35 heavy (non-hydrogen) atoms. The summed E-state index contributed by atoms with van der Waals surface area (Å²) in [5.41, 5.74) is 9.89. The number of hydrogen-bond donors (Lipinski definition) is 0. The molecule has 0 fully saturated rings. The molecule has 5 aromatic carbocycles. The molecule has 2 heteroatoms. The Morgan fingerprint density at radius 2 is 1.20 bits per heavy atom. The summed E-state index contributed by atoms with van der Waals surface area (Å²) in [5.74, 6) is -0.233. The standard InChI is InChI=1S/C33H22BrF/c1-2-22-7-9-23(10-8-22)24-11-13-25(14-12-24)33(26-15-18-28(35)19-16-26)31-6-4-3-5-29(31)30-20-17-27(34)21-32(30)33/h2-21H,1H2. The Bertz CT molecular complexity index is 1550. The van der Waals surface area contributed by atoms with E-state index in [1.165, 1.54) is 22.3 Å². The third kappa shape index (κ3) is 3.40. The van der Waals surface area contributed by atoms with E-state index in [0.29, 0.717) is 0 Å². The van der Waals surface area contributed by atoms with Crippen LogP contribution in [-0.4, -0.2) is 0 Å². The van der Waals surface area contributed by atoms with Gasteiger partial charge in [-0.05, 0) is 74.3 Å². The first-order chi connectivity index (χ1) is 17.1. The Labute approximate surface area is 213 Å². The van der Waals surface area contributed by atoms with Crippen LogP contribution in [0.25, 0.3) is 28.3 Å². The van der Waals surface area contributed by atoms with Gasteiger partial charge >= 0.3 is 0 Å². The molecule has 0 saturated heterocycles. The lowest BCUT2D eigenvalue weighted by atomic mass is 9.67. The molecule has 0 nitrogen and oxygen atoms in total. The number of halogens is 2. The molecule has 0 aliphatic heterocycles. The monoisotopic (exact) mass is 516 g/mol. The summed E-state index contributed by atoms with van der Waals surface area (Å²) in [7, 11) is 0. The SMILES string of the molecule is C=Cc1ccc(-c2ccc(C3(c4ccc(F)cc4)c4ccccc4-c4ccc(Br)cc43)cc2)cc1. The van der Waals surface area contributed by atoms with Crippen molar-refractivity contribution >= 4 is 22.0 Å². The molecular formula is C33H22BrF. The van der Waals surface area contributed by atoms with Crippen LogP contribution >= 0.6 is 15.9 Å². The fourth-order valence-electron chi connectivity index (χ4n) is 5.46. The molecule has 0 spiro atoms. The molecule has 0 radical (unpaired) electrons. The average molecular weight is 517 g/mol. The van der Waals surface area contributed by atoms with E-state index in [9.17, 15) is 4.39 Å². The quantitative estimate of drug-likeness (QED) is 0.219. The summed E-state index contributed by atoms with van der Waals surface area (Å²) < 4.78 is 15.1. The molecular weight excluding hydrogens is 495 g/mol. The number of fused-ring (bicyclic) bond motifs is 3. The lowest BCUT2D eigenvalue weighted by molar-refractivity contribution is 0.625. The van der Waals surface area contributed by atoms with Gasteiger partial charge in [-0.15, -0.1) is 0 Å². The van der Waals surface area contributed by atoms with Gasteiger partial charge in [-0.3, -0.25) is 0 Å². The molecule has 0 saturated carbocycles. The molecule has 5 aromatic rings. The fourth-order valence-corrected chi connectivity index (χ4v) is 5.83. The van der Waals surface area contributed by atoms with Gasteiger partial charge in [0.25, 0.3) is 0 Å². The molecule has 1 aliphatic carbocycles. The second-order valence-corrected chi connectivity index (χ2v) is 9.81. The van der Waals surface area contributed by atoms with Crippen LogP contribution < -0.4 is 0 Å². The van der Waals surface area contributed by atoms with Crippen LogP contribution in [0.2, 0.25) is 0 Å². The van der Waals surface area contributed by atoms with E-state index in [0.717, 1.165) is 32.3 Å². The molecule has 168 valence electrons. The smallest absolute Gasteiger partial charge is 0.123 e. The zero-order valence-electron chi connectivity index (χ0n) is 19.0. The van der Waals surface area contributed by atoms with Gasteiger partial charge < -0.3 is 0 Å². The highest BCUT2D eigenvalue weighted by atomic mass is 79.9. The molecule has 6 rings (SSSR count). The van der Waals surface area contributed by atoms with Gasteiger partial charge in [0, 0.05) is 4.47 Å². The predicted octanol–water partition coefficient (Wildman–Crippen LogP) is 9.26. The third-order valence-electron chi connectivity index (χ3n) is 7.08. The maximum absolute atomic E-state index is 14.0. The van der Waals surface area contributed by atoms with Crippen LogP contribution in [0.5, 0.6) is 0 Å². The number of benzene rings is 5. The highest BCUT2D eigenvalue weighted by molar-refractivity contribution is 9.10. The largest absolute Gasteiger partial charge is 0.207 e. The zero-order valence-corrected chi connectivity index (χ0v) is 20.6. The van der Waals surface area contributed by atoms with Crippen LogP contribution in [0.15, 0.2) is 126 Å². The highest BCUT2D eigenvalue weighted by Crippen LogP contribution is 2.56. The lowest BCUT2D eigenvalue weighted by Crippen LogP contribution is -2.28. The van der Waals surface area contributed by atoms with Crippen LogP contribution in [-0.2, 0) is 5.41 Å². The Balaban J connectivity index is 1.61. The van der Waals surface area contributed by atoms with Crippen molar-refractivity contribution in [1.82, 2.24) is 0 Å². The molecule has 1 aliphatic rings. The maximum Gasteiger partial charge on any atom is 0.123 e. The van der Waals surface area contributed by atoms with Crippen molar-refractivity contribution in [3.8, 4) is 22.3 Å². The maximum atomic E-state index is 14.0. The first kappa shape index (κ1) is 21.8. The Kier molecular flexibility index (Phi) is 5.27. The van der Waals surface area contributed by atoms with Crippen molar-refractivity contribution < 1.29 is 4.39 Å². The lowest BCUT2D eigenvalue weighted by Gasteiger charge is -2.34. The van der Waals surface area contributed by atoms with E-state index in [2.05, 4.69) is 114 Å². The minimum Gasteiger partial charge on any atom is -0.207 e. The van der Waals surface area contributed by atoms with Gasteiger partial charge in [0.15, 0.2) is 0 Å². The van der Waals surface area contributed by atoms with Gasteiger partial charge in [0.2, 0.25) is 0 Å². The Hall–Kier alpha value is -3.75. The molecule has 0 bridgehead atoms. The predicted molar refractivity (Wildman–Crippen MR) is 147 cm³/mol. The van der Waals surface area contributed by atoms with Gasteiger partial charge in [-0.25, -0.2) is 4.39 Å². The molecule has 0 aromatic heterocycles. The second kappa shape index (κ2) is 8.48. The topological polar surface area (TPSA) is 0 Å². The van der Waals surface area contributed by atoms with Gasteiger partial charge in [0.05, 0.1) is 5.41 Å². The second-order valence-electron chi connectivity index (χ2n) is 8.90. The molecule has 0 heterocycles. The minimum absolute atomic E-state index is 0.233. The molecule has 1 unspecified atom stereocenters. The number of rotatable bonds is 4. The average Bonchev–Trinajstić information content (AvgIpc) is 3.19. The Morgan fingerprint density at radius 3 is 1.86 bits per heavy atom. The van der Waals surface area contributed by atoms with Crippen molar-refractivity contribution in [2.45, 2.75) is 5.41 Å². The van der Waals surface area contributed by atoms with E-state index in [-0.39, 0.29) is 5.82 Å². The van der Waals surface area contributed by atoms with E-state index in [4.69, 9.17) is 0 Å². The normalized spacial score (nSPS) is 15.9. The van der Waals surface area contributed by atoms with E-state index in [1.54, 1.807) is 12.1 Å². The van der Waals surface area contributed by atoms with Crippen molar-refractivity contribution in [1.29, 1.82) is 0 Å². The van der Waals surface area contributed by atoms with Gasteiger partial charge in [0.1, 0.15) is 5.82 Å². The summed E-state index contributed by atoms with van der Waals surface area (Å²) in [6.07, 6.45) is 1.85. The summed E-state index contributed by atoms with van der Waals surface area (Å²) in [6, 6.07) is 39.2. The zero-order chi connectivity index (χ0) is 24.0. The summed E-state index contributed by atoms with van der Waals surface area (Å²) in [5, 5.41) is 0. The molecule has 0 N–H and O–H groups in total. The van der Waals surface area contributed by atoms with Crippen molar-refractivity contribution in [3.63, 3.8) is 0 Å². The van der Waals surface area contributed by atoms with Crippen molar-refractivity contribution in [2.75, 3.05) is 0 Å². The summed E-state index contributed by atoms with van der Waals surface area (Å²) >= 11 is 3.70. The van der Waals surface area contributed by atoms with Crippen LogP contribution in [0.3, 0.4) is 0 Å². The summed E-state index contributed by atoms with van der Waals surface area (Å²) in [4.78, 5) is 0. The molecule has 1 atom stereocenters. The van der Waals surface area contributed by atoms with Crippen LogP contribution in [0.1, 0.15) is 27.8 Å². The minimum atomic E-state index is -0.547. The van der Waals surface area contributed by atoms with Gasteiger partial charge in [-0.2, -0.15) is 0 Å². The van der Waals surface area contributed by atoms with Crippen molar-refractivity contribution in [2.24, 2.45) is 0 Å². The molecule has 0 amide bonds. The Morgan fingerprint density at radius 1 is 0.629 bits per heavy atom. The fraction of sp³-hybridized carbons (Fsp3) is 0.0303. The third-order valence-corrected chi connectivity index (χ3v) is 7.57. The van der Waals surface area contributed by atoms with Crippen LogP contribution in [0, 0.1) is 5.82 Å². The first-order valence-electron chi connectivity index (χ1n) is 11.6. The van der Waals surface area contributed by atoms with Crippen molar-refractivity contribution in [3.05, 3.63) is 160 Å². The van der Waals surface area contributed by atoms with E-state index in [1.807, 2.05) is 18.2 Å².